The number of ether oxygens (including phenoxy) is 1. The van der Waals surface area contributed by atoms with E-state index in [1.165, 1.54) is 0 Å². The van der Waals surface area contributed by atoms with E-state index in [-0.39, 0.29) is 24.5 Å². The monoisotopic (exact) mass is 293 g/mol. The molecule has 0 radical (unpaired) electrons. The molecular weight excluding hydrogens is 266 g/mol. The normalized spacial score (nSPS) is 11.5. The third-order valence-electron chi connectivity index (χ3n) is 3.29. The number of amides is 1. The van der Waals surface area contributed by atoms with Crippen LogP contribution in [-0.4, -0.2) is 24.2 Å². The topological polar surface area (TPSA) is 58.6 Å². The molecule has 0 fully saturated rings. The van der Waals surface area contributed by atoms with E-state index in [0.29, 0.717) is 18.2 Å². The maximum atomic E-state index is 12.3. The maximum Gasteiger partial charge on any atom is 0.225 e. The lowest BCUT2D eigenvalue weighted by Crippen LogP contribution is -2.37. The van der Waals surface area contributed by atoms with E-state index < -0.39 is 0 Å². The van der Waals surface area contributed by atoms with Crippen molar-refractivity contribution in [2.75, 3.05) is 13.2 Å². The van der Waals surface area contributed by atoms with Crippen LogP contribution in [0.25, 0.3) is 0 Å². The average molecular weight is 293 g/mol. The average Bonchev–Trinajstić information content (AvgIpc) is 2.41. The Morgan fingerprint density at radius 2 is 2.00 bits per heavy atom. The van der Waals surface area contributed by atoms with Crippen molar-refractivity contribution in [3.8, 4) is 5.75 Å². The standard InChI is InChI=1S/C17H27NO3/c1-13(2)11-17(3,4)16(20)18-12-14-7-5-6-8-15(14)21-10-9-19/h5-8,13,19H,9-12H2,1-4H3,(H,18,20). The molecule has 0 saturated heterocycles. The number of carbonyl (C=O) groups is 1. The van der Waals surface area contributed by atoms with Crippen molar-refractivity contribution in [1.82, 2.24) is 5.32 Å². The van der Waals surface area contributed by atoms with Gasteiger partial charge in [-0.1, -0.05) is 45.9 Å². The minimum atomic E-state index is -0.380. The lowest BCUT2D eigenvalue weighted by Gasteiger charge is -2.25. The van der Waals surface area contributed by atoms with Gasteiger partial charge < -0.3 is 15.2 Å². The summed E-state index contributed by atoms with van der Waals surface area (Å²) >= 11 is 0. The summed E-state index contributed by atoms with van der Waals surface area (Å²) in [6.07, 6.45) is 0.849. The highest BCUT2D eigenvalue weighted by Crippen LogP contribution is 2.26. The lowest BCUT2D eigenvalue weighted by molar-refractivity contribution is -0.130. The highest BCUT2D eigenvalue weighted by Gasteiger charge is 2.28. The molecule has 0 aromatic heterocycles. The fraction of sp³-hybridized carbons (Fsp3) is 0.588. The second-order valence-corrected chi connectivity index (χ2v) is 6.34. The minimum absolute atomic E-state index is 0.0257. The van der Waals surface area contributed by atoms with Crippen molar-refractivity contribution < 1.29 is 14.6 Å². The number of aliphatic hydroxyl groups excluding tert-OH is 1. The Morgan fingerprint density at radius 3 is 2.62 bits per heavy atom. The van der Waals surface area contributed by atoms with E-state index in [4.69, 9.17) is 9.84 Å². The van der Waals surface area contributed by atoms with Crippen LogP contribution in [0.5, 0.6) is 5.75 Å². The molecular formula is C17H27NO3. The first-order valence-electron chi connectivity index (χ1n) is 7.46. The van der Waals surface area contributed by atoms with Crippen molar-refractivity contribution in [2.24, 2.45) is 11.3 Å². The van der Waals surface area contributed by atoms with Crippen LogP contribution in [0.15, 0.2) is 24.3 Å². The molecule has 1 aromatic rings. The molecule has 2 N–H and O–H groups in total. The molecule has 0 unspecified atom stereocenters. The molecule has 0 bridgehead atoms. The predicted octanol–water partition coefficient (Wildman–Crippen LogP) is 2.75. The van der Waals surface area contributed by atoms with Crippen LogP contribution in [0.3, 0.4) is 0 Å². The van der Waals surface area contributed by atoms with Crippen LogP contribution < -0.4 is 10.1 Å². The fourth-order valence-electron chi connectivity index (χ4n) is 2.47. The number of hydrogen-bond acceptors (Lipinski definition) is 3. The third-order valence-corrected chi connectivity index (χ3v) is 3.29. The van der Waals surface area contributed by atoms with Crippen molar-refractivity contribution in [3.05, 3.63) is 29.8 Å². The lowest BCUT2D eigenvalue weighted by atomic mass is 9.83. The zero-order chi connectivity index (χ0) is 15.9. The van der Waals surface area contributed by atoms with Gasteiger partial charge in [-0.2, -0.15) is 0 Å². The summed E-state index contributed by atoms with van der Waals surface area (Å²) < 4.78 is 5.47. The van der Waals surface area contributed by atoms with E-state index in [1.54, 1.807) is 0 Å². The Hall–Kier alpha value is -1.55. The predicted molar refractivity (Wildman–Crippen MR) is 84.1 cm³/mol. The summed E-state index contributed by atoms with van der Waals surface area (Å²) in [6, 6.07) is 7.55. The molecule has 4 heteroatoms. The van der Waals surface area contributed by atoms with E-state index in [1.807, 2.05) is 38.1 Å². The van der Waals surface area contributed by atoms with E-state index in [9.17, 15) is 4.79 Å². The number of nitrogens with one attached hydrogen (secondary N) is 1. The van der Waals surface area contributed by atoms with Gasteiger partial charge in [0.1, 0.15) is 12.4 Å². The van der Waals surface area contributed by atoms with Crippen LogP contribution in [-0.2, 0) is 11.3 Å². The smallest absolute Gasteiger partial charge is 0.225 e. The Morgan fingerprint density at radius 1 is 1.33 bits per heavy atom. The van der Waals surface area contributed by atoms with Gasteiger partial charge in [0.15, 0.2) is 0 Å². The van der Waals surface area contributed by atoms with Crippen LogP contribution in [0.4, 0.5) is 0 Å². The Labute approximate surface area is 127 Å². The number of aliphatic hydroxyl groups is 1. The second kappa shape index (κ2) is 8.03. The van der Waals surface area contributed by atoms with Gasteiger partial charge in [0.25, 0.3) is 0 Å². The van der Waals surface area contributed by atoms with E-state index in [2.05, 4.69) is 19.2 Å². The summed E-state index contributed by atoms with van der Waals surface area (Å²) in [5, 5.41) is 11.8. The molecule has 118 valence electrons. The number of carbonyl (C=O) groups excluding carboxylic acids is 1. The zero-order valence-electron chi connectivity index (χ0n) is 13.5. The molecule has 4 nitrogen and oxygen atoms in total. The number of hydrogen-bond donors (Lipinski definition) is 2. The molecule has 21 heavy (non-hydrogen) atoms. The molecule has 1 aromatic carbocycles. The number of rotatable bonds is 8. The van der Waals surface area contributed by atoms with Gasteiger partial charge >= 0.3 is 0 Å². The Bertz CT molecular complexity index is 455. The van der Waals surface area contributed by atoms with Crippen LogP contribution in [0.2, 0.25) is 0 Å². The molecule has 0 heterocycles. The molecule has 1 amide bonds. The Balaban J connectivity index is 2.64. The van der Waals surface area contributed by atoms with Crippen molar-refractivity contribution in [2.45, 2.75) is 40.7 Å². The van der Waals surface area contributed by atoms with Gasteiger partial charge in [-0.15, -0.1) is 0 Å². The van der Waals surface area contributed by atoms with E-state index >= 15 is 0 Å². The van der Waals surface area contributed by atoms with Gasteiger partial charge in [0, 0.05) is 17.5 Å². The zero-order valence-corrected chi connectivity index (χ0v) is 13.5. The Kier molecular flexibility index (Phi) is 6.69. The molecule has 0 saturated carbocycles. The van der Waals surface area contributed by atoms with Gasteiger partial charge in [0.05, 0.1) is 6.61 Å². The van der Waals surface area contributed by atoms with Crippen molar-refractivity contribution in [3.63, 3.8) is 0 Å². The number of benzene rings is 1. The van der Waals surface area contributed by atoms with Crippen LogP contribution in [0, 0.1) is 11.3 Å². The van der Waals surface area contributed by atoms with Crippen LogP contribution >= 0.6 is 0 Å². The molecule has 0 aliphatic carbocycles. The SMILES string of the molecule is CC(C)CC(C)(C)C(=O)NCc1ccccc1OCCO. The summed E-state index contributed by atoms with van der Waals surface area (Å²) in [6.45, 7) is 8.83. The second-order valence-electron chi connectivity index (χ2n) is 6.34. The quantitative estimate of drug-likeness (QED) is 0.775. The summed E-state index contributed by atoms with van der Waals surface area (Å²) in [4.78, 5) is 12.3. The maximum absolute atomic E-state index is 12.3. The van der Waals surface area contributed by atoms with E-state index in [0.717, 1.165) is 12.0 Å². The van der Waals surface area contributed by atoms with Crippen molar-refractivity contribution in [1.29, 1.82) is 0 Å². The third kappa shape index (κ3) is 5.76. The molecule has 0 aliphatic rings. The molecule has 0 aliphatic heterocycles. The highest BCUT2D eigenvalue weighted by atomic mass is 16.5. The van der Waals surface area contributed by atoms with Gasteiger partial charge in [-0.05, 0) is 18.4 Å². The molecule has 1 rings (SSSR count). The fourth-order valence-corrected chi connectivity index (χ4v) is 2.47. The first-order valence-corrected chi connectivity index (χ1v) is 7.46. The largest absolute Gasteiger partial charge is 0.491 e. The molecule has 0 spiro atoms. The highest BCUT2D eigenvalue weighted by molar-refractivity contribution is 5.81. The summed E-state index contributed by atoms with van der Waals surface area (Å²) in [5.41, 5.74) is 0.536. The van der Waals surface area contributed by atoms with Crippen LogP contribution in [0.1, 0.15) is 39.7 Å². The number of para-hydroxylation sites is 1. The van der Waals surface area contributed by atoms with Crippen molar-refractivity contribution >= 4 is 5.91 Å². The van der Waals surface area contributed by atoms with Gasteiger partial charge in [-0.3, -0.25) is 4.79 Å². The first-order chi connectivity index (χ1) is 9.86. The van der Waals surface area contributed by atoms with Gasteiger partial charge in [-0.25, -0.2) is 0 Å². The molecule has 0 atom stereocenters. The summed E-state index contributed by atoms with van der Waals surface area (Å²) in [5.74, 6) is 1.23. The first kappa shape index (κ1) is 17.5. The summed E-state index contributed by atoms with van der Waals surface area (Å²) in [7, 11) is 0. The van der Waals surface area contributed by atoms with Gasteiger partial charge in [0.2, 0.25) is 5.91 Å². The minimum Gasteiger partial charge on any atom is -0.491 e.